The van der Waals surface area contributed by atoms with E-state index in [4.69, 9.17) is 0 Å². The van der Waals surface area contributed by atoms with E-state index in [-0.39, 0.29) is 39.8 Å². The van der Waals surface area contributed by atoms with E-state index >= 15 is 4.39 Å². The SMILES string of the molecule is O=C(Nc1cncc(-c2cnc3[nH]nc(-c4nc5c(-c6ccc(F)cc6)ccnc5[nH]4)c3c2F)c1)c1ccccc1. The number of aromatic nitrogens is 7. The van der Waals surface area contributed by atoms with Gasteiger partial charge in [0.05, 0.1) is 17.3 Å². The van der Waals surface area contributed by atoms with E-state index in [1.807, 2.05) is 6.07 Å². The minimum Gasteiger partial charge on any atom is -0.321 e. The number of halogens is 2. The average molecular weight is 545 g/mol. The summed E-state index contributed by atoms with van der Waals surface area (Å²) in [4.78, 5) is 33.3. The Morgan fingerprint density at radius 1 is 0.829 bits per heavy atom. The number of nitrogens with one attached hydrogen (secondary N) is 3. The Balaban J connectivity index is 1.28. The van der Waals surface area contributed by atoms with Gasteiger partial charge in [-0.2, -0.15) is 5.10 Å². The Labute approximate surface area is 230 Å². The van der Waals surface area contributed by atoms with Crippen LogP contribution in [-0.4, -0.2) is 41.0 Å². The molecule has 0 unspecified atom stereocenters. The Morgan fingerprint density at radius 2 is 1.66 bits per heavy atom. The molecule has 0 radical (unpaired) electrons. The second kappa shape index (κ2) is 9.72. The van der Waals surface area contributed by atoms with Gasteiger partial charge >= 0.3 is 0 Å². The summed E-state index contributed by atoms with van der Waals surface area (Å²) in [6, 6.07) is 18.2. The summed E-state index contributed by atoms with van der Waals surface area (Å²) < 4.78 is 29.6. The van der Waals surface area contributed by atoms with Gasteiger partial charge in [-0.15, -0.1) is 0 Å². The number of anilines is 1. The van der Waals surface area contributed by atoms with Gasteiger partial charge in [-0.3, -0.25) is 14.9 Å². The first-order chi connectivity index (χ1) is 20.0. The van der Waals surface area contributed by atoms with Crippen molar-refractivity contribution in [1.82, 2.24) is 35.1 Å². The summed E-state index contributed by atoms with van der Waals surface area (Å²) in [5.41, 5.74) is 4.41. The zero-order chi connectivity index (χ0) is 27.9. The topological polar surface area (TPSA) is 125 Å². The van der Waals surface area contributed by atoms with Crippen molar-refractivity contribution in [3.8, 4) is 33.8 Å². The maximum atomic E-state index is 16.1. The number of amides is 1. The van der Waals surface area contributed by atoms with Crippen molar-refractivity contribution in [2.45, 2.75) is 0 Å². The molecule has 0 fully saturated rings. The molecule has 5 aromatic heterocycles. The summed E-state index contributed by atoms with van der Waals surface area (Å²) >= 11 is 0. The van der Waals surface area contributed by atoms with Crippen LogP contribution in [0.3, 0.4) is 0 Å². The summed E-state index contributed by atoms with van der Waals surface area (Å²) in [5, 5.41) is 9.97. The van der Waals surface area contributed by atoms with E-state index in [1.54, 1.807) is 54.7 Å². The number of rotatable bonds is 5. The molecule has 0 bridgehead atoms. The lowest BCUT2D eigenvalue weighted by atomic mass is 10.1. The number of hydrogen-bond acceptors (Lipinski definition) is 6. The van der Waals surface area contributed by atoms with E-state index in [9.17, 15) is 9.18 Å². The van der Waals surface area contributed by atoms with Crippen LogP contribution in [0.15, 0.2) is 91.5 Å². The quantitative estimate of drug-likeness (QED) is 0.239. The monoisotopic (exact) mass is 544 g/mol. The van der Waals surface area contributed by atoms with Crippen LogP contribution in [0.4, 0.5) is 14.5 Å². The van der Waals surface area contributed by atoms with Gasteiger partial charge in [-0.05, 0) is 42.0 Å². The van der Waals surface area contributed by atoms with Crippen LogP contribution in [-0.2, 0) is 0 Å². The minimum atomic E-state index is -0.584. The molecule has 0 aliphatic rings. The molecule has 198 valence electrons. The van der Waals surface area contributed by atoms with E-state index in [0.29, 0.717) is 28.0 Å². The number of H-pyrrole nitrogens is 2. The lowest BCUT2D eigenvalue weighted by Gasteiger charge is -2.08. The van der Waals surface area contributed by atoms with Gasteiger partial charge in [0.25, 0.3) is 5.91 Å². The minimum absolute atomic E-state index is 0.128. The highest BCUT2D eigenvalue weighted by Gasteiger charge is 2.22. The molecule has 0 aliphatic carbocycles. The Bertz CT molecular complexity index is 2070. The molecule has 0 saturated carbocycles. The molecule has 41 heavy (non-hydrogen) atoms. The predicted molar refractivity (Wildman–Crippen MR) is 150 cm³/mol. The summed E-state index contributed by atoms with van der Waals surface area (Å²) in [6.07, 6.45) is 5.97. The van der Waals surface area contributed by atoms with Crippen LogP contribution in [0.5, 0.6) is 0 Å². The van der Waals surface area contributed by atoms with Crippen LogP contribution >= 0.6 is 0 Å². The van der Waals surface area contributed by atoms with E-state index in [1.165, 1.54) is 30.7 Å². The Morgan fingerprint density at radius 3 is 2.49 bits per heavy atom. The summed E-state index contributed by atoms with van der Waals surface area (Å²) in [5.74, 6) is -0.954. The molecule has 5 heterocycles. The van der Waals surface area contributed by atoms with Crippen molar-refractivity contribution in [2.75, 3.05) is 5.32 Å². The molecule has 1 amide bonds. The zero-order valence-corrected chi connectivity index (χ0v) is 21.1. The maximum Gasteiger partial charge on any atom is 0.255 e. The van der Waals surface area contributed by atoms with Crippen molar-refractivity contribution < 1.29 is 13.6 Å². The van der Waals surface area contributed by atoms with Gasteiger partial charge in [0, 0.05) is 40.8 Å². The molecule has 7 aromatic rings. The maximum absolute atomic E-state index is 16.1. The van der Waals surface area contributed by atoms with Crippen molar-refractivity contribution >= 4 is 33.8 Å². The molecule has 0 atom stereocenters. The van der Waals surface area contributed by atoms with Gasteiger partial charge < -0.3 is 10.3 Å². The molecule has 3 N–H and O–H groups in total. The van der Waals surface area contributed by atoms with Gasteiger partial charge in [0.2, 0.25) is 0 Å². The van der Waals surface area contributed by atoms with Gasteiger partial charge in [0.15, 0.2) is 17.1 Å². The van der Waals surface area contributed by atoms with Gasteiger partial charge in [0.1, 0.15) is 22.8 Å². The van der Waals surface area contributed by atoms with Gasteiger partial charge in [-0.25, -0.2) is 23.7 Å². The third-order valence-corrected chi connectivity index (χ3v) is 6.63. The molecular formula is C30H18F2N8O. The molecule has 7 rings (SSSR count). The highest BCUT2D eigenvalue weighted by molar-refractivity contribution is 6.04. The number of aromatic amines is 2. The molecule has 0 saturated heterocycles. The van der Waals surface area contributed by atoms with Crippen LogP contribution in [0.25, 0.3) is 56.0 Å². The van der Waals surface area contributed by atoms with Crippen molar-refractivity contribution in [2.24, 2.45) is 0 Å². The average Bonchev–Trinajstić information content (AvgIpc) is 3.63. The first kappa shape index (κ1) is 24.2. The first-order valence-electron chi connectivity index (χ1n) is 12.5. The fourth-order valence-corrected chi connectivity index (χ4v) is 4.66. The molecule has 2 aromatic carbocycles. The predicted octanol–water partition coefficient (Wildman–Crippen LogP) is 6.16. The standard InChI is InChI=1S/C30H18F2N8O/c31-19-8-6-16(7-9-19)21-10-11-34-28-25(21)37-29(38-28)26-23-24(32)22(15-35-27(23)40-39-26)18-12-20(14-33-13-18)36-30(41)17-4-2-1-3-5-17/h1-15H,(H,36,41)(H,34,37,38)(H,35,39,40). The van der Waals surface area contributed by atoms with Crippen molar-refractivity contribution in [3.05, 3.63) is 109 Å². The fourth-order valence-electron chi connectivity index (χ4n) is 4.66. The van der Waals surface area contributed by atoms with Crippen molar-refractivity contribution in [1.29, 1.82) is 0 Å². The van der Waals surface area contributed by atoms with E-state index < -0.39 is 5.82 Å². The second-order valence-corrected chi connectivity index (χ2v) is 9.21. The number of pyridine rings is 3. The normalized spacial score (nSPS) is 11.3. The number of carbonyl (C=O) groups excluding carboxylic acids is 1. The molecule has 0 aliphatic heterocycles. The molecule has 9 nitrogen and oxygen atoms in total. The largest absolute Gasteiger partial charge is 0.321 e. The van der Waals surface area contributed by atoms with E-state index in [2.05, 4.69) is 40.4 Å². The number of hydrogen-bond donors (Lipinski definition) is 3. The number of imidazole rings is 1. The van der Waals surface area contributed by atoms with Crippen LogP contribution in [0, 0.1) is 11.6 Å². The van der Waals surface area contributed by atoms with Crippen LogP contribution in [0.1, 0.15) is 10.4 Å². The second-order valence-electron chi connectivity index (χ2n) is 9.21. The summed E-state index contributed by atoms with van der Waals surface area (Å²) in [6.45, 7) is 0. The van der Waals surface area contributed by atoms with Crippen LogP contribution in [0.2, 0.25) is 0 Å². The van der Waals surface area contributed by atoms with Crippen molar-refractivity contribution in [3.63, 3.8) is 0 Å². The highest BCUT2D eigenvalue weighted by atomic mass is 19.1. The third-order valence-electron chi connectivity index (χ3n) is 6.63. The number of fused-ring (bicyclic) bond motifs is 2. The third kappa shape index (κ3) is 4.35. The number of nitrogens with zero attached hydrogens (tertiary/aromatic N) is 5. The molecule has 0 spiro atoms. The van der Waals surface area contributed by atoms with E-state index in [0.717, 1.165) is 11.1 Å². The first-order valence-corrected chi connectivity index (χ1v) is 12.5. The molecule has 11 heteroatoms. The number of carbonyl (C=O) groups is 1. The fraction of sp³-hybridized carbons (Fsp3) is 0. The Kier molecular flexibility index (Phi) is 5.74. The van der Waals surface area contributed by atoms with Crippen LogP contribution < -0.4 is 5.32 Å². The summed E-state index contributed by atoms with van der Waals surface area (Å²) in [7, 11) is 0. The zero-order valence-electron chi connectivity index (χ0n) is 21.1. The smallest absolute Gasteiger partial charge is 0.255 e. The lowest BCUT2D eigenvalue weighted by Crippen LogP contribution is -2.11. The highest BCUT2D eigenvalue weighted by Crippen LogP contribution is 2.34. The van der Waals surface area contributed by atoms with Gasteiger partial charge in [-0.1, -0.05) is 30.3 Å². The Hall–Kier alpha value is -5.84. The lowest BCUT2D eigenvalue weighted by molar-refractivity contribution is 0.102. The molecular weight excluding hydrogens is 526 g/mol. The number of benzene rings is 2.